The Hall–Kier alpha value is -3.20. The van der Waals surface area contributed by atoms with Gasteiger partial charge in [0.15, 0.2) is 5.65 Å². The van der Waals surface area contributed by atoms with Crippen LogP contribution in [0.4, 0.5) is 10.6 Å². The van der Waals surface area contributed by atoms with Crippen LogP contribution in [-0.2, 0) is 17.6 Å². The van der Waals surface area contributed by atoms with Crippen molar-refractivity contribution in [3.63, 3.8) is 0 Å². The minimum absolute atomic E-state index is 0.258. The molecule has 1 saturated heterocycles. The Morgan fingerprint density at radius 2 is 1.88 bits per heavy atom. The molecule has 0 atom stereocenters. The molecule has 0 bridgehead atoms. The molecule has 0 radical (unpaired) electrons. The van der Waals surface area contributed by atoms with E-state index < -0.39 is 5.60 Å². The molecule has 0 unspecified atom stereocenters. The van der Waals surface area contributed by atoms with Gasteiger partial charge < -0.3 is 14.5 Å². The van der Waals surface area contributed by atoms with E-state index in [1.165, 1.54) is 15.3 Å². The summed E-state index contributed by atoms with van der Waals surface area (Å²) in [6.45, 7) is 8.72. The number of hydrogen-bond acceptors (Lipinski definition) is 7. The number of benzene rings is 1. The molecule has 34 heavy (non-hydrogen) atoms. The summed E-state index contributed by atoms with van der Waals surface area (Å²) in [6.07, 6.45) is 2.99. The lowest BCUT2D eigenvalue weighted by Crippen LogP contribution is -2.46. The zero-order chi connectivity index (χ0) is 23.4. The predicted molar refractivity (Wildman–Crippen MR) is 133 cm³/mol. The second-order valence-electron chi connectivity index (χ2n) is 10.1. The Balaban J connectivity index is 1.27. The van der Waals surface area contributed by atoms with Gasteiger partial charge in [-0.05, 0) is 39.3 Å². The number of thiazole rings is 1. The van der Waals surface area contributed by atoms with E-state index >= 15 is 0 Å². The second-order valence-corrected chi connectivity index (χ2v) is 11.1. The van der Waals surface area contributed by atoms with Gasteiger partial charge in [-0.3, -0.25) is 0 Å². The topological polar surface area (TPSA) is 75.9 Å². The van der Waals surface area contributed by atoms with E-state index in [2.05, 4.69) is 28.2 Å². The van der Waals surface area contributed by atoms with Crippen molar-refractivity contribution in [1.82, 2.24) is 24.5 Å². The van der Waals surface area contributed by atoms with Crippen LogP contribution in [0.1, 0.15) is 43.0 Å². The number of ether oxygens (including phenoxy) is 1. The zero-order valence-electron chi connectivity index (χ0n) is 19.7. The molecule has 2 aliphatic rings. The Labute approximate surface area is 202 Å². The summed E-state index contributed by atoms with van der Waals surface area (Å²) in [5.41, 5.74) is 3.66. The van der Waals surface area contributed by atoms with Gasteiger partial charge in [0.25, 0.3) is 0 Å². The van der Waals surface area contributed by atoms with Crippen molar-refractivity contribution in [2.24, 2.45) is 0 Å². The van der Waals surface area contributed by atoms with Gasteiger partial charge in [-0.25, -0.2) is 14.8 Å². The highest BCUT2D eigenvalue weighted by Crippen LogP contribution is 2.38. The first kappa shape index (κ1) is 21.3. The van der Waals surface area contributed by atoms with Gasteiger partial charge in [0.2, 0.25) is 0 Å². The summed E-state index contributed by atoms with van der Waals surface area (Å²) in [7, 11) is 0. The van der Waals surface area contributed by atoms with Crippen LogP contribution in [0.3, 0.4) is 0 Å². The summed E-state index contributed by atoms with van der Waals surface area (Å²) >= 11 is 1.79. The second kappa shape index (κ2) is 7.94. The minimum atomic E-state index is -0.506. The number of anilines is 1. The summed E-state index contributed by atoms with van der Waals surface area (Å²) in [4.78, 5) is 26.7. The molecule has 0 aliphatic carbocycles. The Morgan fingerprint density at radius 1 is 1.09 bits per heavy atom. The number of para-hydroxylation sites is 1. The molecule has 9 heteroatoms. The molecule has 1 fully saturated rings. The maximum absolute atomic E-state index is 12.7. The van der Waals surface area contributed by atoms with Crippen molar-refractivity contribution in [3.8, 4) is 0 Å². The fourth-order valence-corrected chi connectivity index (χ4v) is 5.83. The summed E-state index contributed by atoms with van der Waals surface area (Å²) in [5.74, 6) is 1.52. The molecule has 0 saturated carbocycles. The van der Waals surface area contributed by atoms with E-state index in [1.54, 1.807) is 16.2 Å². The average molecular weight is 477 g/mol. The van der Waals surface area contributed by atoms with Crippen molar-refractivity contribution >= 4 is 39.1 Å². The van der Waals surface area contributed by atoms with E-state index in [-0.39, 0.29) is 6.09 Å². The number of aromatic nitrogens is 4. The summed E-state index contributed by atoms with van der Waals surface area (Å²) in [6, 6.07) is 10.3. The monoisotopic (exact) mass is 476 g/mol. The maximum Gasteiger partial charge on any atom is 0.410 e. The fraction of sp³-hybridized carbons (Fsp3) is 0.440. The third-order valence-electron chi connectivity index (χ3n) is 6.43. The molecule has 4 aromatic rings. The molecular formula is C25H28N6O2S. The lowest BCUT2D eigenvalue weighted by atomic mass is 9.99. The standard InChI is InChI=1S/C25H28N6O2S/c1-25(2,3)33-24(32)29-12-9-17-18(10-13-29)27-21-8-11-26-31(21)23(17)30-14-16(15-30)22-28-19-6-4-5-7-20(19)34-22/h4-8,11,16H,9-10,12-15H2,1-3H3. The number of hydrogen-bond donors (Lipinski definition) is 0. The van der Waals surface area contributed by atoms with Crippen molar-refractivity contribution in [3.05, 3.63) is 52.8 Å². The average Bonchev–Trinajstić information content (AvgIpc) is 3.32. The molecule has 6 rings (SSSR count). The largest absolute Gasteiger partial charge is 0.444 e. The van der Waals surface area contributed by atoms with Gasteiger partial charge in [-0.2, -0.15) is 9.61 Å². The highest BCUT2D eigenvalue weighted by molar-refractivity contribution is 7.18. The van der Waals surface area contributed by atoms with Gasteiger partial charge in [0, 0.05) is 50.1 Å². The quantitative estimate of drug-likeness (QED) is 0.430. The number of fused-ring (bicyclic) bond motifs is 3. The SMILES string of the molecule is CC(C)(C)OC(=O)N1CCc2nc3ccnn3c(N3CC(c4nc5ccccc5s4)C3)c2CC1. The molecule has 1 amide bonds. The van der Waals surface area contributed by atoms with Gasteiger partial charge in [-0.1, -0.05) is 12.1 Å². The van der Waals surface area contributed by atoms with Crippen molar-refractivity contribution < 1.29 is 9.53 Å². The van der Waals surface area contributed by atoms with Gasteiger partial charge in [-0.15, -0.1) is 11.3 Å². The first-order valence-electron chi connectivity index (χ1n) is 11.8. The molecule has 0 spiro atoms. The van der Waals surface area contributed by atoms with Crippen LogP contribution in [0.15, 0.2) is 36.5 Å². The van der Waals surface area contributed by atoms with E-state index in [0.29, 0.717) is 25.4 Å². The van der Waals surface area contributed by atoms with E-state index in [4.69, 9.17) is 14.7 Å². The van der Waals surface area contributed by atoms with Crippen LogP contribution < -0.4 is 4.90 Å². The molecule has 1 aromatic carbocycles. The number of nitrogens with zero attached hydrogens (tertiary/aromatic N) is 6. The summed E-state index contributed by atoms with van der Waals surface area (Å²) < 4.78 is 8.82. The molecule has 5 heterocycles. The first-order chi connectivity index (χ1) is 16.4. The van der Waals surface area contributed by atoms with E-state index in [0.717, 1.165) is 42.2 Å². The minimum Gasteiger partial charge on any atom is -0.444 e. The highest BCUT2D eigenvalue weighted by Gasteiger charge is 2.35. The Morgan fingerprint density at radius 3 is 2.68 bits per heavy atom. The van der Waals surface area contributed by atoms with Crippen molar-refractivity contribution in [2.45, 2.75) is 45.1 Å². The van der Waals surface area contributed by atoms with Crippen molar-refractivity contribution in [1.29, 1.82) is 0 Å². The molecular weight excluding hydrogens is 448 g/mol. The highest BCUT2D eigenvalue weighted by atomic mass is 32.1. The number of carbonyl (C=O) groups is 1. The smallest absolute Gasteiger partial charge is 0.410 e. The molecule has 3 aromatic heterocycles. The van der Waals surface area contributed by atoms with E-state index in [1.807, 2.05) is 43.6 Å². The first-order valence-corrected chi connectivity index (χ1v) is 12.6. The molecule has 2 aliphatic heterocycles. The van der Waals surface area contributed by atoms with E-state index in [9.17, 15) is 4.79 Å². The van der Waals surface area contributed by atoms with Gasteiger partial charge in [0.05, 0.1) is 22.1 Å². The fourth-order valence-electron chi connectivity index (χ4n) is 4.78. The number of amides is 1. The van der Waals surface area contributed by atoms with Crippen LogP contribution in [0.25, 0.3) is 15.9 Å². The third-order valence-corrected chi connectivity index (χ3v) is 7.63. The van der Waals surface area contributed by atoms with Gasteiger partial charge >= 0.3 is 6.09 Å². The van der Waals surface area contributed by atoms with Crippen LogP contribution in [-0.4, -0.2) is 62.4 Å². The Kier molecular flexibility index (Phi) is 4.98. The van der Waals surface area contributed by atoms with Crippen LogP contribution in [0, 0.1) is 0 Å². The zero-order valence-corrected chi connectivity index (χ0v) is 20.5. The van der Waals surface area contributed by atoms with Crippen molar-refractivity contribution in [2.75, 3.05) is 31.1 Å². The lowest BCUT2D eigenvalue weighted by Gasteiger charge is -2.41. The molecule has 176 valence electrons. The lowest BCUT2D eigenvalue weighted by molar-refractivity contribution is 0.0258. The van der Waals surface area contributed by atoms with Gasteiger partial charge in [0.1, 0.15) is 16.4 Å². The Bertz CT molecular complexity index is 1350. The van der Waals surface area contributed by atoms with Crippen LogP contribution in [0.5, 0.6) is 0 Å². The summed E-state index contributed by atoms with van der Waals surface area (Å²) in [5, 5.41) is 5.79. The predicted octanol–water partition coefficient (Wildman–Crippen LogP) is 4.28. The third kappa shape index (κ3) is 3.77. The maximum atomic E-state index is 12.7. The number of carbonyl (C=O) groups excluding carboxylic acids is 1. The molecule has 0 N–H and O–H groups in total. The van der Waals surface area contributed by atoms with Crippen LogP contribution >= 0.6 is 11.3 Å². The van der Waals surface area contributed by atoms with Crippen LogP contribution in [0.2, 0.25) is 0 Å². The molecule has 8 nitrogen and oxygen atoms in total. The number of rotatable bonds is 2. The normalized spacial score (nSPS) is 17.0.